The minimum absolute atomic E-state index is 0.0120. The van der Waals surface area contributed by atoms with Gasteiger partial charge in [0, 0.05) is 18.1 Å². The van der Waals surface area contributed by atoms with E-state index in [9.17, 15) is 14.9 Å². The molecule has 0 amide bonds. The van der Waals surface area contributed by atoms with E-state index < -0.39 is 4.92 Å². The molecule has 5 nitrogen and oxygen atoms in total. The zero-order chi connectivity index (χ0) is 15.4. The summed E-state index contributed by atoms with van der Waals surface area (Å²) in [5, 5.41) is 11.0. The van der Waals surface area contributed by atoms with Crippen molar-refractivity contribution in [2.45, 2.75) is 13.3 Å². The van der Waals surface area contributed by atoms with Crippen molar-refractivity contribution in [3.05, 3.63) is 62.6 Å². The third kappa shape index (κ3) is 3.46. The lowest BCUT2D eigenvalue weighted by molar-refractivity contribution is -0.385. The average Bonchev–Trinajstić information content (AvgIpc) is 2.48. The molecule has 0 aliphatic carbocycles. The summed E-state index contributed by atoms with van der Waals surface area (Å²) < 4.78 is 6.07. The van der Waals surface area contributed by atoms with Crippen LogP contribution in [0.2, 0.25) is 0 Å². The van der Waals surface area contributed by atoms with E-state index in [0.717, 1.165) is 0 Å². The second kappa shape index (κ2) is 6.49. The molecule has 0 spiro atoms. The maximum Gasteiger partial charge on any atom is 0.312 e. The van der Waals surface area contributed by atoms with Crippen LogP contribution in [0.15, 0.2) is 46.9 Å². The Labute approximate surface area is 129 Å². The summed E-state index contributed by atoms with van der Waals surface area (Å²) in [6.07, 6.45) is 0.388. The van der Waals surface area contributed by atoms with Crippen molar-refractivity contribution in [1.29, 1.82) is 0 Å². The molecule has 0 aliphatic heterocycles. The van der Waals surface area contributed by atoms with Gasteiger partial charge in [-0.2, -0.15) is 0 Å². The van der Waals surface area contributed by atoms with Crippen molar-refractivity contribution in [2.75, 3.05) is 0 Å². The smallest absolute Gasteiger partial charge is 0.312 e. The minimum atomic E-state index is -0.513. The highest BCUT2D eigenvalue weighted by Gasteiger charge is 2.19. The van der Waals surface area contributed by atoms with Crippen LogP contribution in [0.5, 0.6) is 11.5 Å². The first-order valence-corrected chi connectivity index (χ1v) is 7.06. The Balaban J connectivity index is 2.39. The first kappa shape index (κ1) is 15.2. The van der Waals surface area contributed by atoms with Crippen molar-refractivity contribution in [3.8, 4) is 11.5 Å². The van der Waals surface area contributed by atoms with E-state index in [-0.39, 0.29) is 17.2 Å². The highest BCUT2D eigenvalue weighted by Crippen LogP contribution is 2.38. The molecule has 2 aromatic rings. The molecule has 0 aromatic heterocycles. The van der Waals surface area contributed by atoms with Gasteiger partial charge in [0.05, 0.1) is 9.40 Å². The fourth-order valence-electron chi connectivity index (χ4n) is 1.80. The third-order valence-corrected chi connectivity index (χ3v) is 3.46. The molecular weight excluding hydrogens is 338 g/mol. The van der Waals surface area contributed by atoms with Gasteiger partial charge in [-0.25, -0.2) is 0 Å². The predicted octanol–water partition coefficient (Wildman–Crippen LogP) is 4.74. The fraction of sp³-hybridized carbons (Fsp3) is 0.133. The number of benzene rings is 2. The van der Waals surface area contributed by atoms with E-state index >= 15 is 0 Å². The number of carbonyl (C=O) groups is 1. The van der Waals surface area contributed by atoms with Crippen LogP contribution < -0.4 is 4.74 Å². The number of carbonyl (C=O) groups excluding carboxylic acids is 1. The Kier molecular flexibility index (Phi) is 4.70. The highest BCUT2D eigenvalue weighted by molar-refractivity contribution is 9.10. The van der Waals surface area contributed by atoms with Crippen LogP contribution in [0.4, 0.5) is 5.69 Å². The Morgan fingerprint density at radius 3 is 2.67 bits per heavy atom. The summed E-state index contributed by atoms with van der Waals surface area (Å²) in [6.45, 7) is 1.77. The number of nitro benzene ring substituents is 1. The van der Waals surface area contributed by atoms with Gasteiger partial charge in [-0.15, -0.1) is 0 Å². The van der Waals surface area contributed by atoms with Crippen molar-refractivity contribution in [1.82, 2.24) is 0 Å². The molecule has 0 atom stereocenters. The Hall–Kier alpha value is -2.21. The summed E-state index contributed by atoms with van der Waals surface area (Å²) in [5.74, 6) is 0.481. The topological polar surface area (TPSA) is 69.4 Å². The Morgan fingerprint density at radius 1 is 1.29 bits per heavy atom. The average molecular weight is 350 g/mol. The van der Waals surface area contributed by atoms with Crippen LogP contribution in [0.3, 0.4) is 0 Å². The number of halogens is 1. The van der Waals surface area contributed by atoms with Crippen LogP contribution in [0, 0.1) is 10.1 Å². The lowest BCUT2D eigenvalue weighted by Crippen LogP contribution is -1.98. The lowest BCUT2D eigenvalue weighted by Gasteiger charge is -2.09. The Morgan fingerprint density at radius 2 is 2.00 bits per heavy atom. The van der Waals surface area contributed by atoms with Gasteiger partial charge in [-0.3, -0.25) is 14.9 Å². The maximum absolute atomic E-state index is 11.7. The van der Waals surface area contributed by atoms with E-state index in [2.05, 4.69) is 15.9 Å². The standard InChI is InChI=1S/C15H12BrNO4/c1-2-14(18)10-5-3-6-11(9-10)21-15-12(16)7-4-8-13(15)17(19)20/h3-9H,2H2,1H3. The lowest BCUT2D eigenvalue weighted by atomic mass is 10.1. The first-order valence-electron chi connectivity index (χ1n) is 6.27. The zero-order valence-electron chi connectivity index (χ0n) is 11.2. The van der Waals surface area contributed by atoms with E-state index in [1.807, 2.05) is 0 Å². The number of rotatable bonds is 5. The maximum atomic E-state index is 11.7. The number of hydrogen-bond donors (Lipinski definition) is 0. The summed E-state index contributed by atoms with van der Waals surface area (Å²) in [4.78, 5) is 22.2. The molecule has 0 N–H and O–H groups in total. The molecule has 0 unspecified atom stereocenters. The van der Waals surface area contributed by atoms with Gasteiger partial charge in [0.2, 0.25) is 5.75 Å². The second-order valence-corrected chi connectivity index (χ2v) is 5.11. The van der Waals surface area contributed by atoms with E-state index in [1.165, 1.54) is 6.07 Å². The van der Waals surface area contributed by atoms with Gasteiger partial charge in [-0.05, 0) is 34.1 Å². The fourth-order valence-corrected chi connectivity index (χ4v) is 2.23. The number of nitro groups is 1. The van der Waals surface area contributed by atoms with E-state index in [1.54, 1.807) is 43.3 Å². The molecule has 0 radical (unpaired) electrons. The molecule has 6 heteroatoms. The van der Waals surface area contributed by atoms with Crippen molar-refractivity contribution in [2.24, 2.45) is 0 Å². The van der Waals surface area contributed by atoms with Gasteiger partial charge in [0.25, 0.3) is 0 Å². The monoisotopic (exact) mass is 349 g/mol. The molecule has 21 heavy (non-hydrogen) atoms. The second-order valence-electron chi connectivity index (χ2n) is 4.25. The molecule has 0 fully saturated rings. The number of Topliss-reactive ketones (excluding diaryl/α,β-unsaturated/α-hetero) is 1. The molecule has 0 aliphatic rings. The van der Waals surface area contributed by atoms with Crippen LogP contribution >= 0.6 is 15.9 Å². The van der Waals surface area contributed by atoms with Crippen molar-refractivity contribution < 1.29 is 14.5 Å². The SMILES string of the molecule is CCC(=O)c1cccc(Oc2c(Br)cccc2[N+](=O)[O-])c1. The molecular formula is C15H12BrNO4. The third-order valence-electron chi connectivity index (χ3n) is 2.84. The normalized spacial score (nSPS) is 10.2. The van der Waals surface area contributed by atoms with Crippen LogP contribution in [0.25, 0.3) is 0 Å². The molecule has 0 saturated carbocycles. The van der Waals surface area contributed by atoms with Crippen molar-refractivity contribution in [3.63, 3.8) is 0 Å². The Bertz CT molecular complexity index is 700. The van der Waals surface area contributed by atoms with Gasteiger partial charge in [0.15, 0.2) is 5.78 Å². The number of para-hydroxylation sites is 1. The number of hydrogen-bond acceptors (Lipinski definition) is 4. The molecule has 0 saturated heterocycles. The molecule has 2 rings (SSSR count). The molecule has 0 heterocycles. The molecule has 0 bridgehead atoms. The minimum Gasteiger partial charge on any atom is -0.449 e. The van der Waals surface area contributed by atoms with Gasteiger partial charge < -0.3 is 4.74 Å². The molecule has 108 valence electrons. The highest BCUT2D eigenvalue weighted by atomic mass is 79.9. The number of ether oxygens (including phenoxy) is 1. The van der Waals surface area contributed by atoms with Crippen LogP contribution in [-0.2, 0) is 0 Å². The van der Waals surface area contributed by atoms with Gasteiger partial charge >= 0.3 is 5.69 Å². The first-order chi connectivity index (χ1) is 10.0. The molecule has 2 aromatic carbocycles. The van der Waals surface area contributed by atoms with E-state index in [4.69, 9.17) is 4.74 Å². The van der Waals surface area contributed by atoms with Crippen LogP contribution in [0.1, 0.15) is 23.7 Å². The quantitative estimate of drug-likeness (QED) is 0.444. The largest absolute Gasteiger partial charge is 0.449 e. The van der Waals surface area contributed by atoms with E-state index in [0.29, 0.717) is 22.2 Å². The van der Waals surface area contributed by atoms with Gasteiger partial charge in [-0.1, -0.05) is 25.1 Å². The summed E-state index contributed by atoms with van der Waals surface area (Å²) in [7, 11) is 0. The number of ketones is 1. The van der Waals surface area contributed by atoms with Gasteiger partial charge in [0.1, 0.15) is 5.75 Å². The van der Waals surface area contributed by atoms with Crippen molar-refractivity contribution >= 4 is 27.4 Å². The number of nitrogens with zero attached hydrogens (tertiary/aromatic N) is 1. The zero-order valence-corrected chi connectivity index (χ0v) is 12.8. The summed E-state index contributed by atoms with van der Waals surface area (Å²) in [5.41, 5.74) is 0.376. The van der Waals surface area contributed by atoms with Crippen LogP contribution in [-0.4, -0.2) is 10.7 Å². The summed E-state index contributed by atoms with van der Waals surface area (Å²) >= 11 is 3.24. The summed E-state index contributed by atoms with van der Waals surface area (Å²) in [6, 6.07) is 11.2. The predicted molar refractivity (Wildman–Crippen MR) is 81.9 cm³/mol.